The smallest absolute Gasteiger partial charge is 0.0828 e. The third-order valence-corrected chi connectivity index (χ3v) is 1.33. The van der Waals surface area contributed by atoms with E-state index in [-0.39, 0.29) is 0 Å². The summed E-state index contributed by atoms with van der Waals surface area (Å²) in [7, 11) is 0. The van der Waals surface area contributed by atoms with Crippen LogP contribution in [0.25, 0.3) is 0 Å². The topological polar surface area (TPSA) is 21.3 Å². The van der Waals surface area contributed by atoms with Gasteiger partial charge in [-0.3, -0.25) is 0 Å². The molecule has 3 heteroatoms. The summed E-state index contributed by atoms with van der Waals surface area (Å²) in [5.74, 6) is 0. The first-order valence-corrected chi connectivity index (χ1v) is 3.32. The van der Waals surface area contributed by atoms with Crippen molar-refractivity contribution >= 4 is 11.6 Å². The Morgan fingerprint density at radius 2 is 2.44 bits per heavy atom. The summed E-state index contributed by atoms with van der Waals surface area (Å²) in [4.78, 5) is 0. The predicted molar refractivity (Wildman–Crippen MR) is 37.6 cm³/mol. The Bertz CT molecular complexity index is 112. The number of ether oxygens (including phenoxy) is 1. The Balaban J connectivity index is 1.97. The highest BCUT2D eigenvalue weighted by molar-refractivity contribution is 6.29. The van der Waals surface area contributed by atoms with Crippen molar-refractivity contribution < 1.29 is 4.74 Å². The maximum Gasteiger partial charge on any atom is 0.0828 e. The summed E-state index contributed by atoms with van der Waals surface area (Å²) in [5, 5.41) is 3.66. The van der Waals surface area contributed by atoms with Crippen LogP contribution in [0.3, 0.4) is 0 Å². The SMILES string of the molecule is C=C(Cl)COC1CNC1. The van der Waals surface area contributed by atoms with Crippen LogP contribution in [-0.4, -0.2) is 25.8 Å². The van der Waals surface area contributed by atoms with Gasteiger partial charge in [0.2, 0.25) is 0 Å². The van der Waals surface area contributed by atoms with Gasteiger partial charge in [-0.05, 0) is 0 Å². The van der Waals surface area contributed by atoms with Crippen LogP contribution < -0.4 is 5.32 Å². The molecule has 1 aliphatic rings. The summed E-state index contributed by atoms with van der Waals surface area (Å²) in [6.07, 6.45) is 0.362. The summed E-state index contributed by atoms with van der Waals surface area (Å²) in [5.41, 5.74) is 0. The highest BCUT2D eigenvalue weighted by atomic mass is 35.5. The van der Waals surface area contributed by atoms with Gasteiger partial charge in [-0.15, -0.1) is 0 Å². The molecule has 9 heavy (non-hydrogen) atoms. The molecule has 0 aliphatic carbocycles. The number of hydrogen-bond acceptors (Lipinski definition) is 2. The lowest BCUT2D eigenvalue weighted by atomic mass is 10.2. The fourth-order valence-electron chi connectivity index (χ4n) is 0.588. The van der Waals surface area contributed by atoms with Crippen LogP contribution in [0.1, 0.15) is 0 Å². The molecule has 52 valence electrons. The van der Waals surface area contributed by atoms with Crippen LogP contribution in [0.15, 0.2) is 11.6 Å². The van der Waals surface area contributed by atoms with Gasteiger partial charge < -0.3 is 10.1 Å². The van der Waals surface area contributed by atoms with E-state index in [0.717, 1.165) is 13.1 Å². The van der Waals surface area contributed by atoms with E-state index in [1.165, 1.54) is 0 Å². The molecule has 0 amide bonds. The second-order valence-corrected chi connectivity index (χ2v) is 2.64. The van der Waals surface area contributed by atoms with E-state index in [1.807, 2.05) is 0 Å². The van der Waals surface area contributed by atoms with Gasteiger partial charge >= 0.3 is 0 Å². The van der Waals surface area contributed by atoms with Crippen LogP contribution >= 0.6 is 11.6 Å². The molecule has 0 aromatic carbocycles. The zero-order chi connectivity index (χ0) is 6.69. The van der Waals surface area contributed by atoms with E-state index < -0.39 is 0 Å². The molecule has 1 heterocycles. The molecule has 0 radical (unpaired) electrons. The highest BCUT2D eigenvalue weighted by Gasteiger charge is 2.16. The first kappa shape index (κ1) is 7.06. The largest absolute Gasteiger partial charge is 0.370 e. The van der Waals surface area contributed by atoms with E-state index in [1.54, 1.807) is 0 Å². The van der Waals surface area contributed by atoms with Crippen molar-refractivity contribution in [1.82, 2.24) is 5.32 Å². The minimum absolute atomic E-state index is 0.362. The van der Waals surface area contributed by atoms with Crippen molar-refractivity contribution in [2.24, 2.45) is 0 Å². The summed E-state index contributed by atoms with van der Waals surface area (Å²) in [6.45, 7) is 5.88. The normalized spacial score (nSPS) is 19.2. The number of halogens is 1. The van der Waals surface area contributed by atoms with Crippen molar-refractivity contribution in [2.75, 3.05) is 19.7 Å². The molecule has 1 aliphatic heterocycles. The van der Waals surface area contributed by atoms with Crippen LogP contribution in [0.4, 0.5) is 0 Å². The Kier molecular flexibility index (Phi) is 2.51. The highest BCUT2D eigenvalue weighted by Crippen LogP contribution is 2.03. The fourth-order valence-corrected chi connectivity index (χ4v) is 0.651. The molecule has 0 aromatic rings. The quantitative estimate of drug-likeness (QED) is 0.636. The summed E-state index contributed by atoms with van der Waals surface area (Å²) in [6, 6.07) is 0. The first-order chi connectivity index (χ1) is 4.29. The van der Waals surface area contributed by atoms with Gasteiger partial charge in [-0.25, -0.2) is 0 Å². The average molecular weight is 148 g/mol. The molecule has 0 unspecified atom stereocenters. The molecule has 0 aromatic heterocycles. The van der Waals surface area contributed by atoms with Crippen molar-refractivity contribution in [2.45, 2.75) is 6.10 Å². The Morgan fingerprint density at radius 3 is 2.78 bits per heavy atom. The third kappa shape index (κ3) is 2.35. The molecular formula is C6H10ClNO. The third-order valence-electron chi connectivity index (χ3n) is 1.22. The van der Waals surface area contributed by atoms with Crippen LogP contribution in [0.5, 0.6) is 0 Å². The zero-order valence-electron chi connectivity index (χ0n) is 5.19. The van der Waals surface area contributed by atoms with Crippen molar-refractivity contribution in [1.29, 1.82) is 0 Å². The van der Waals surface area contributed by atoms with E-state index in [2.05, 4.69) is 11.9 Å². The molecule has 1 saturated heterocycles. The summed E-state index contributed by atoms with van der Waals surface area (Å²) < 4.78 is 5.25. The summed E-state index contributed by atoms with van der Waals surface area (Å²) >= 11 is 5.46. The molecule has 0 spiro atoms. The maximum atomic E-state index is 5.46. The predicted octanol–water partition coefficient (Wildman–Crippen LogP) is 0.727. The van der Waals surface area contributed by atoms with Crippen LogP contribution in [-0.2, 0) is 4.74 Å². The van der Waals surface area contributed by atoms with E-state index in [9.17, 15) is 0 Å². The van der Waals surface area contributed by atoms with Gasteiger partial charge in [-0.1, -0.05) is 18.2 Å². The Labute approximate surface area is 59.8 Å². The average Bonchev–Trinajstić information content (AvgIpc) is 1.60. The van der Waals surface area contributed by atoms with Crippen molar-refractivity contribution in [3.05, 3.63) is 11.6 Å². The van der Waals surface area contributed by atoms with Crippen LogP contribution in [0.2, 0.25) is 0 Å². The Hall–Kier alpha value is -0.0500. The Morgan fingerprint density at radius 1 is 1.78 bits per heavy atom. The first-order valence-electron chi connectivity index (χ1n) is 2.94. The number of rotatable bonds is 3. The van der Waals surface area contributed by atoms with Gasteiger partial charge in [0.1, 0.15) is 0 Å². The van der Waals surface area contributed by atoms with Gasteiger partial charge in [0.25, 0.3) is 0 Å². The molecule has 2 nitrogen and oxygen atoms in total. The van der Waals surface area contributed by atoms with Crippen LogP contribution in [0, 0.1) is 0 Å². The van der Waals surface area contributed by atoms with E-state index in [0.29, 0.717) is 17.7 Å². The van der Waals surface area contributed by atoms with Gasteiger partial charge in [0, 0.05) is 18.1 Å². The second-order valence-electron chi connectivity index (χ2n) is 2.11. The maximum absolute atomic E-state index is 5.46. The van der Waals surface area contributed by atoms with Gasteiger partial charge in [0.15, 0.2) is 0 Å². The van der Waals surface area contributed by atoms with E-state index >= 15 is 0 Å². The standard InChI is InChI=1S/C6H10ClNO/c1-5(7)4-9-6-2-8-3-6/h6,8H,1-4H2. The lowest BCUT2D eigenvalue weighted by molar-refractivity contribution is 0.0351. The van der Waals surface area contributed by atoms with Crippen molar-refractivity contribution in [3.63, 3.8) is 0 Å². The molecule has 1 rings (SSSR count). The minimum Gasteiger partial charge on any atom is -0.370 e. The zero-order valence-corrected chi connectivity index (χ0v) is 5.95. The lowest BCUT2D eigenvalue weighted by Gasteiger charge is -2.26. The van der Waals surface area contributed by atoms with E-state index in [4.69, 9.17) is 16.3 Å². The fraction of sp³-hybridized carbons (Fsp3) is 0.667. The molecule has 1 fully saturated rings. The monoisotopic (exact) mass is 147 g/mol. The van der Waals surface area contributed by atoms with Gasteiger partial charge in [-0.2, -0.15) is 0 Å². The molecule has 0 atom stereocenters. The number of hydrogen-bond donors (Lipinski definition) is 1. The van der Waals surface area contributed by atoms with Gasteiger partial charge in [0.05, 0.1) is 12.7 Å². The molecule has 0 saturated carbocycles. The minimum atomic E-state index is 0.362. The lowest BCUT2D eigenvalue weighted by Crippen LogP contribution is -2.48. The van der Waals surface area contributed by atoms with Crippen molar-refractivity contribution in [3.8, 4) is 0 Å². The molecular weight excluding hydrogens is 138 g/mol. The molecule has 0 bridgehead atoms. The number of nitrogens with one attached hydrogen (secondary N) is 1. The molecule has 1 N–H and O–H groups in total. The second kappa shape index (κ2) is 3.20.